The Labute approximate surface area is 116 Å². The number of ether oxygens (including phenoxy) is 1. The van der Waals surface area contributed by atoms with Crippen molar-refractivity contribution < 1.29 is 19.1 Å². The smallest absolute Gasteiger partial charge is 0.265 e. The Kier molecular flexibility index (Phi) is 4.02. The average molecular weight is 276 g/mol. The fourth-order valence-electron chi connectivity index (χ4n) is 1.98. The van der Waals surface area contributed by atoms with Crippen LogP contribution in [-0.4, -0.2) is 37.8 Å². The number of likely N-dealkylation sites (N-methyl/N-ethyl adjacent to an activating group) is 1. The second-order valence-corrected chi connectivity index (χ2v) is 4.40. The van der Waals surface area contributed by atoms with Crippen molar-refractivity contribution in [2.45, 2.75) is 13.3 Å². The minimum absolute atomic E-state index is 0.0225. The normalized spacial score (nSPS) is 13.5. The van der Waals surface area contributed by atoms with E-state index < -0.39 is 0 Å². The molecule has 0 fully saturated rings. The molecule has 1 aliphatic rings. The fraction of sp³-hybridized carbons (Fsp3) is 0.357. The highest BCUT2D eigenvalue weighted by atomic mass is 16.5. The number of carbonyl (C=O) groups is 3. The third-order valence-corrected chi connectivity index (χ3v) is 3.13. The molecular formula is C14H16N2O4. The molecule has 6 nitrogen and oxygen atoms in total. The van der Waals surface area contributed by atoms with Gasteiger partial charge in [0, 0.05) is 19.0 Å². The van der Waals surface area contributed by atoms with E-state index in [0.29, 0.717) is 23.4 Å². The summed E-state index contributed by atoms with van der Waals surface area (Å²) in [5.74, 6) is -0.104. The van der Waals surface area contributed by atoms with Gasteiger partial charge in [-0.3, -0.25) is 19.3 Å². The third-order valence-electron chi connectivity index (χ3n) is 3.13. The zero-order chi connectivity index (χ0) is 14.7. The molecule has 0 atom stereocenters. The van der Waals surface area contributed by atoms with Gasteiger partial charge in [0.05, 0.1) is 5.69 Å². The Morgan fingerprint density at radius 3 is 2.80 bits per heavy atom. The summed E-state index contributed by atoms with van der Waals surface area (Å²) in [4.78, 5) is 36.5. The van der Waals surface area contributed by atoms with Gasteiger partial charge in [-0.1, -0.05) is 6.92 Å². The number of rotatable bonds is 4. The van der Waals surface area contributed by atoms with Crippen molar-refractivity contribution in [2.75, 3.05) is 25.1 Å². The number of Topliss-reactive ketones (excluding diaryl/α,β-unsaturated/α-hetero) is 1. The molecule has 0 bridgehead atoms. The first-order chi connectivity index (χ1) is 9.56. The summed E-state index contributed by atoms with van der Waals surface area (Å²) < 4.78 is 5.32. The molecule has 1 N–H and O–H groups in total. The Morgan fingerprint density at radius 2 is 2.15 bits per heavy atom. The van der Waals surface area contributed by atoms with Gasteiger partial charge in [-0.05, 0) is 18.2 Å². The quantitative estimate of drug-likeness (QED) is 0.823. The minimum atomic E-state index is -0.304. The Hall–Kier alpha value is -2.37. The van der Waals surface area contributed by atoms with Crippen molar-refractivity contribution in [3.8, 4) is 5.75 Å². The predicted octanol–water partition coefficient (Wildman–Crippen LogP) is 0.751. The zero-order valence-corrected chi connectivity index (χ0v) is 11.4. The van der Waals surface area contributed by atoms with Gasteiger partial charge in [-0.2, -0.15) is 0 Å². The molecule has 2 amide bonds. The molecular weight excluding hydrogens is 260 g/mol. The van der Waals surface area contributed by atoms with E-state index in [1.807, 2.05) is 0 Å². The van der Waals surface area contributed by atoms with Crippen LogP contribution >= 0.6 is 0 Å². The van der Waals surface area contributed by atoms with Crippen LogP contribution in [0.2, 0.25) is 0 Å². The van der Waals surface area contributed by atoms with Crippen LogP contribution in [0.5, 0.6) is 5.75 Å². The lowest BCUT2D eigenvalue weighted by molar-refractivity contribution is -0.125. The molecule has 1 aromatic rings. The van der Waals surface area contributed by atoms with Crippen molar-refractivity contribution in [1.82, 2.24) is 5.32 Å². The van der Waals surface area contributed by atoms with Gasteiger partial charge in [0.2, 0.25) is 5.91 Å². The average Bonchev–Trinajstić information content (AvgIpc) is 2.48. The number of hydrogen-bond acceptors (Lipinski definition) is 4. The second kappa shape index (κ2) is 5.73. The molecule has 1 aliphatic heterocycles. The van der Waals surface area contributed by atoms with Gasteiger partial charge < -0.3 is 10.1 Å². The standard InChI is InChI=1S/C14H16N2O4/c1-3-11(17)9-4-5-12-10(6-9)16(7-13(18)15-2)14(19)8-20-12/h4-6H,3,7-8H2,1-2H3,(H,15,18). The lowest BCUT2D eigenvalue weighted by atomic mass is 10.1. The third kappa shape index (κ3) is 2.64. The van der Waals surface area contributed by atoms with E-state index in [1.54, 1.807) is 25.1 Å². The number of anilines is 1. The molecule has 0 unspecified atom stereocenters. The molecule has 20 heavy (non-hydrogen) atoms. The molecule has 1 heterocycles. The Morgan fingerprint density at radius 1 is 1.40 bits per heavy atom. The summed E-state index contributed by atoms with van der Waals surface area (Å²) in [7, 11) is 1.51. The van der Waals surface area contributed by atoms with Crippen LogP contribution in [0.1, 0.15) is 23.7 Å². The molecule has 106 valence electrons. The maximum atomic E-state index is 11.9. The van der Waals surface area contributed by atoms with E-state index in [1.165, 1.54) is 11.9 Å². The fourth-order valence-corrected chi connectivity index (χ4v) is 1.98. The lowest BCUT2D eigenvalue weighted by Crippen LogP contribution is -2.44. The molecule has 0 aliphatic carbocycles. The number of amides is 2. The second-order valence-electron chi connectivity index (χ2n) is 4.40. The summed E-state index contributed by atoms with van der Waals surface area (Å²) in [6.07, 6.45) is 0.378. The molecule has 0 saturated carbocycles. The number of fused-ring (bicyclic) bond motifs is 1. The van der Waals surface area contributed by atoms with Crippen LogP contribution in [0.4, 0.5) is 5.69 Å². The van der Waals surface area contributed by atoms with Crippen LogP contribution < -0.4 is 15.0 Å². The molecule has 2 rings (SSSR count). The van der Waals surface area contributed by atoms with E-state index >= 15 is 0 Å². The SMILES string of the molecule is CCC(=O)c1ccc2c(c1)N(CC(=O)NC)C(=O)CO2. The van der Waals surface area contributed by atoms with E-state index in [2.05, 4.69) is 5.32 Å². The van der Waals surface area contributed by atoms with Crippen molar-refractivity contribution >= 4 is 23.3 Å². The molecule has 1 aromatic carbocycles. The maximum Gasteiger partial charge on any atom is 0.265 e. The van der Waals surface area contributed by atoms with Crippen molar-refractivity contribution in [3.63, 3.8) is 0 Å². The first-order valence-corrected chi connectivity index (χ1v) is 6.37. The summed E-state index contributed by atoms with van der Waals surface area (Å²) in [5.41, 5.74) is 0.968. The lowest BCUT2D eigenvalue weighted by Gasteiger charge is -2.29. The summed E-state index contributed by atoms with van der Waals surface area (Å²) in [6.45, 7) is 1.58. The predicted molar refractivity (Wildman–Crippen MR) is 73.0 cm³/mol. The summed E-state index contributed by atoms with van der Waals surface area (Å²) in [5, 5.41) is 2.47. The van der Waals surface area contributed by atoms with E-state index in [-0.39, 0.29) is 30.7 Å². The number of nitrogens with zero attached hydrogens (tertiary/aromatic N) is 1. The zero-order valence-electron chi connectivity index (χ0n) is 11.4. The van der Waals surface area contributed by atoms with Crippen LogP contribution in [0.25, 0.3) is 0 Å². The number of carbonyl (C=O) groups excluding carboxylic acids is 3. The monoisotopic (exact) mass is 276 g/mol. The van der Waals surface area contributed by atoms with E-state index in [4.69, 9.17) is 4.74 Å². The molecule has 0 radical (unpaired) electrons. The van der Waals surface area contributed by atoms with Gasteiger partial charge in [0.25, 0.3) is 5.91 Å². The molecule has 0 spiro atoms. The van der Waals surface area contributed by atoms with Crippen LogP contribution in [0.15, 0.2) is 18.2 Å². The van der Waals surface area contributed by atoms with Gasteiger partial charge in [0.15, 0.2) is 12.4 Å². The molecule has 0 aromatic heterocycles. The van der Waals surface area contributed by atoms with Crippen molar-refractivity contribution in [3.05, 3.63) is 23.8 Å². The van der Waals surface area contributed by atoms with Crippen LogP contribution in [0.3, 0.4) is 0 Å². The van der Waals surface area contributed by atoms with Crippen molar-refractivity contribution in [1.29, 1.82) is 0 Å². The van der Waals surface area contributed by atoms with Gasteiger partial charge >= 0.3 is 0 Å². The van der Waals surface area contributed by atoms with Crippen LogP contribution in [-0.2, 0) is 9.59 Å². The molecule has 6 heteroatoms. The van der Waals surface area contributed by atoms with E-state index in [0.717, 1.165) is 0 Å². The Balaban J connectivity index is 2.39. The van der Waals surface area contributed by atoms with Gasteiger partial charge in [-0.15, -0.1) is 0 Å². The Bertz CT molecular complexity index is 568. The van der Waals surface area contributed by atoms with Crippen LogP contribution in [0, 0.1) is 0 Å². The number of nitrogens with one attached hydrogen (secondary N) is 1. The molecule has 0 saturated heterocycles. The van der Waals surface area contributed by atoms with E-state index in [9.17, 15) is 14.4 Å². The number of hydrogen-bond donors (Lipinski definition) is 1. The van der Waals surface area contributed by atoms with Crippen molar-refractivity contribution in [2.24, 2.45) is 0 Å². The summed E-state index contributed by atoms with van der Waals surface area (Å²) in [6, 6.07) is 4.92. The minimum Gasteiger partial charge on any atom is -0.482 e. The summed E-state index contributed by atoms with van der Waals surface area (Å²) >= 11 is 0. The largest absolute Gasteiger partial charge is 0.482 e. The topological polar surface area (TPSA) is 75.7 Å². The number of benzene rings is 1. The highest BCUT2D eigenvalue weighted by Gasteiger charge is 2.27. The first-order valence-electron chi connectivity index (χ1n) is 6.37. The van der Waals surface area contributed by atoms with Gasteiger partial charge in [-0.25, -0.2) is 0 Å². The highest BCUT2D eigenvalue weighted by molar-refractivity contribution is 6.04. The highest BCUT2D eigenvalue weighted by Crippen LogP contribution is 2.33. The first kappa shape index (κ1) is 14.0. The van der Waals surface area contributed by atoms with Gasteiger partial charge in [0.1, 0.15) is 12.3 Å². The maximum absolute atomic E-state index is 11.9. The number of ketones is 1.